The van der Waals surface area contributed by atoms with Crippen LogP contribution in [0.4, 0.5) is 17.5 Å². The lowest BCUT2D eigenvalue weighted by Gasteiger charge is -2.10. The molecule has 29 heavy (non-hydrogen) atoms. The predicted molar refractivity (Wildman–Crippen MR) is 114 cm³/mol. The largest absolute Gasteiger partial charge is 0.340 e. The standard InChI is InChI=1S/C19H18N6O2S2/c1-11-8-9-20-19(23-11)25-29(26,27)15-6-4-14(5-7-15)24-17-16-12(2)13(3)28-18(16)22-10-21-17/h4-10H,1-3H3,(H,20,23,25)(H,21,22,24). The fraction of sp³-hybridized carbons (Fsp3) is 0.158. The highest BCUT2D eigenvalue weighted by atomic mass is 32.2. The van der Waals surface area contributed by atoms with Crippen LogP contribution >= 0.6 is 11.3 Å². The lowest BCUT2D eigenvalue weighted by molar-refractivity contribution is 0.601. The third kappa shape index (κ3) is 3.89. The molecule has 4 aromatic rings. The molecule has 0 amide bonds. The Bertz CT molecular complexity index is 1300. The van der Waals surface area contributed by atoms with Crippen LogP contribution in [0.5, 0.6) is 0 Å². The minimum absolute atomic E-state index is 0.0406. The van der Waals surface area contributed by atoms with Crippen LogP contribution in [0.3, 0.4) is 0 Å². The van der Waals surface area contributed by atoms with Gasteiger partial charge < -0.3 is 5.32 Å². The van der Waals surface area contributed by atoms with Crippen LogP contribution in [0.15, 0.2) is 47.8 Å². The lowest BCUT2D eigenvalue weighted by atomic mass is 10.2. The highest BCUT2D eigenvalue weighted by molar-refractivity contribution is 7.92. The number of nitrogens with zero attached hydrogens (tertiary/aromatic N) is 4. The van der Waals surface area contributed by atoms with Gasteiger partial charge in [0.05, 0.1) is 10.3 Å². The van der Waals surface area contributed by atoms with Crippen molar-refractivity contribution in [1.82, 2.24) is 19.9 Å². The Morgan fingerprint density at radius 3 is 2.45 bits per heavy atom. The van der Waals surface area contributed by atoms with Gasteiger partial charge in [0, 0.05) is 22.5 Å². The van der Waals surface area contributed by atoms with Crippen LogP contribution in [-0.2, 0) is 10.0 Å². The molecule has 0 aliphatic heterocycles. The second kappa shape index (κ2) is 7.37. The van der Waals surface area contributed by atoms with Crippen LogP contribution in [0.25, 0.3) is 10.2 Å². The Morgan fingerprint density at radius 1 is 0.966 bits per heavy atom. The second-order valence-electron chi connectivity index (χ2n) is 6.46. The first kappa shape index (κ1) is 19.2. The third-order valence-electron chi connectivity index (χ3n) is 4.41. The third-order valence-corrected chi connectivity index (χ3v) is 6.87. The molecular weight excluding hydrogens is 408 g/mol. The summed E-state index contributed by atoms with van der Waals surface area (Å²) in [5.41, 5.74) is 2.53. The van der Waals surface area contributed by atoms with Crippen molar-refractivity contribution in [2.24, 2.45) is 0 Å². The number of hydrogen-bond donors (Lipinski definition) is 2. The van der Waals surface area contributed by atoms with Crippen molar-refractivity contribution in [3.05, 3.63) is 59.0 Å². The summed E-state index contributed by atoms with van der Waals surface area (Å²) in [5.74, 6) is 0.734. The molecule has 2 N–H and O–H groups in total. The van der Waals surface area contributed by atoms with Gasteiger partial charge in [-0.15, -0.1) is 11.3 Å². The zero-order valence-corrected chi connectivity index (χ0v) is 17.6. The van der Waals surface area contributed by atoms with Crippen molar-refractivity contribution in [3.63, 3.8) is 0 Å². The molecule has 10 heteroatoms. The molecule has 0 unspecified atom stereocenters. The van der Waals surface area contributed by atoms with Crippen LogP contribution in [-0.4, -0.2) is 28.4 Å². The number of nitrogens with one attached hydrogen (secondary N) is 2. The Balaban J connectivity index is 1.58. The topological polar surface area (TPSA) is 110 Å². The molecule has 148 valence electrons. The number of rotatable bonds is 5. The number of aromatic nitrogens is 4. The van der Waals surface area contributed by atoms with Crippen molar-refractivity contribution in [1.29, 1.82) is 0 Å². The summed E-state index contributed by atoms with van der Waals surface area (Å²) in [6.45, 7) is 5.86. The molecule has 0 bridgehead atoms. The van der Waals surface area contributed by atoms with Crippen molar-refractivity contribution in [2.45, 2.75) is 25.7 Å². The monoisotopic (exact) mass is 426 g/mol. The number of hydrogen-bond acceptors (Lipinski definition) is 8. The molecule has 3 heterocycles. The van der Waals surface area contributed by atoms with E-state index in [2.05, 4.69) is 36.9 Å². The Labute approximate surface area is 172 Å². The van der Waals surface area contributed by atoms with Crippen molar-refractivity contribution >= 4 is 49.0 Å². The smallest absolute Gasteiger partial charge is 0.264 e. The molecule has 0 fully saturated rings. The molecule has 0 radical (unpaired) electrons. The van der Waals surface area contributed by atoms with E-state index in [1.54, 1.807) is 36.5 Å². The van der Waals surface area contributed by atoms with E-state index >= 15 is 0 Å². The minimum atomic E-state index is -3.78. The number of benzene rings is 1. The zero-order valence-electron chi connectivity index (χ0n) is 16.0. The van der Waals surface area contributed by atoms with E-state index in [1.807, 2.05) is 6.92 Å². The van der Waals surface area contributed by atoms with E-state index in [-0.39, 0.29) is 10.8 Å². The van der Waals surface area contributed by atoms with Gasteiger partial charge in [-0.2, -0.15) is 0 Å². The average molecular weight is 427 g/mol. The summed E-state index contributed by atoms with van der Waals surface area (Å²) in [6, 6.07) is 8.11. The van der Waals surface area contributed by atoms with E-state index in [9.17, 15) is 8.42 Å². The molecule has 0 spiro atoms. The minimum Gasteiger partial charge on any atom is -0.340 e. The molecule has 0 atom stereocenters. The Hall–Kier alpha value is -3.11. The van der Waals surface area contributed by atoms with E-state index in [4.69, 9.17) is 0 Å². The van der Waals surface area contributed by atoms with Crippen molar-refractivity contribution < 1.29 is 8.42 Å². The average Bonchev–Trinajstić information content (AvgIpc) is 2.97. The number of fused-ring (bicyclic) bond motifs is 1. The van der Waals surface area contributed by atoms with Gasteiger partial charge in [0.1, 0.15) is 17.0 Å². The molecule has 1 aromatic carbocycles. The fourth-order valence-corrected chi connectivity index (χ4v) is 4.76. The van der Waals surface area contributed by atoms with Gasteiger partial charge in [-0.3, -0.25) is 0 Å². The molecule has 0 aliphatic rings. The molecule has 4 rings (SSSR count). The maximum absolute atomic E-state index is 12.6. The van der Waals surface area contributed by atoms with E-state index in [1.165, 1.54) is 29.5 Å². The summed E-state index contributed by atoms with van der Waals surface area (Å²) in [7, 11) is -3.78. The highest BCUT2D eigenvalue weighted by Gasteiger charge is 2.16. The van der Waals surface area contributed by atoms with Gasteiger partial charge in [0.15, 0.2) is 0 Å². The van der Waals surface area contributed by atoms with Gasteiger partial charge in [-0.05, 0) is 56.7 Å². The zero-order chi connectivity index (χ0) is 20.6. The predicted octanol–water partition coefficient (Wildman–Crippen LogP) is 3.95. The normalized spacial score (nSPS) is 11.6. The van der Waals surface area contributed by atoms with Gasteiger partial charge in [-0.1, -0.05) is 0 Å². The number of anilines is 3. The first-order valence-corrected chi connectivity index (χ1v) is 11.0. The molecule has 3 aromatic heterocycles. The van der Waals surface area contributed by atoms with Gasteiger partial charge >= 0.3 is 0 Å². The number of aryl methyl sites for hydroxylation is 3. The quantitative estimate of drug-likeness (QED) is 0.497. The van der Waals surface area contributed by atoms with E-state index in [0.717, 1.165) is 21.5 Å². The number of thiophene rings is 1. The van der Waals surface area contributed by atoms with Crippen LogP contribution < -0.4 is 10.0 Å². The number of sulfonamides is 1. The lowest BCUT2D eigenvalue weighted by Crippen LogP contribution is -2.15. The van der Waals surface area contributed by atoms with Crippen LogP contribution in [0.2, 0.25) is 0 Å². The first-order chi connectivity index (χ1) is 13.8. The summed E-state index contributed by atoms with van der Waals surface area (Å²) in [4.78, 5) is 18.9. The van der Waals surface area contributed by atoms with Crippen LogP contribution in [0.1, 0.15) is 16.1 Å². The van der Waals surface area contributed by atoms with E-state index < -0.39 is 10.0 Å². The molecular formula is C19H18N6O2S2. The second-order valence-corrected chi connectivity index (χ2v) is 9.35. The summed E-state index contributed by atoms with van der Waals surface area (Å²) >= 11 is 1.62. The van der Waals surface area contributed by atoms with Gasteiger partial charge in [0.2, 0.25) is 5.95 Å². The van der Waals surface area contributed by atoms with Crippen molar-refractivity contribution in [2.75, 3.05) is 10.0 Å². The maximum atomic E-state index is 12.6. The summed E-state index contributed by atoms with van der Waals surface area (Å²) in [6.07, 6.45) is 3.02. The summed E-state index contributed by atoms with van der Waals surface area (Å²) in [5, 5.41) is 4.23. The van der Waals surface area contributed by atoms with Crippen LogP contribution in [0, 0.1) is 20.8 Å². The molecule has 0 aliphatic carbocycles. The van der Waals surface area contributed by atoms with Gasteiger partial charge in [0.25, 0.3) is 10.0 Å². The fourth-order valence-electron chi connectivity index (χ4n) is 2.81. The summed E-state index contributed by atoms with van der Waals surface area (Å²) < 4.78 is 27.5. The van der Waals surface area contributed by atoms with Gasteiger partial charge in [-0.25, -0.2) is 33.1 Å². The maximum Gasteiger partial charge on any atom is 0.264 e. The Morgan fingerprint density at radius 2 is 1.72 bits per heavy atom. The molecule has 0 saturated heterocycles. The molecule has 8 nitrogen and oxygen atoms in total. The SMILES string of the molecule is Cc1ccnc(NS(=O)(=O)c2ccc(Nc3ncnc4sc(C)c(C)c34)cc2)n1. The first-order valence-electron chi connectivity index (χ1n) is 8.74. The Kier molecular flexibility index (Phi) is 4.89. The van der Waals surface area contributed by atoms with E-state index in [0.29, 0.717) is 11.5 Å². The highest BCUT2D eigenvalue weighted by Crippen LogP contribution is 2.33. The molecule has 0 saturated carbocycles. The van der Waals surface area contributed by atoms with Crippen molar-refractivity contribution in [3.8, 4) is 0 Å².